The van der Waals surface area contributed by atoms with Crippen LogP contribution >= 0.6 is 11.8 Å². The van der Waals surface area contributed by atoms with Crippen LogP contribution in [0.4, 0.5) is 0 Å². The molecular weight excluding hydrogens is 422 g/mol. The Hall–Kier alpha value is -1.91. The van der Waals surface area contributed by atoms with Crippen molar-refractivity contribution in [1.82, 2.24) is 24.4 Å². The number of aromatic nitrogens is 3. The first kappa shape index (κ1) is 22.8. The fraction of sp³-hybridized carbons (Fsp3) is 0.550. The number of hydrogen-bond acceptors (Lipinski definition) is 6. The second-order valence-electron chi connectivity index (χ2n) is 7.56. The molecule has 1 aromatic heterocycles. The second kappa shape index (κ2) is 9.93. The summed E-state index contributed by atoms with van der Waals surface area (Å²) in [6.45, 7) is 6.43. The lowest BCUT2D eigenvalue weighted by Crippen LogP contribution is -2.41. The number of piperidine rings is 1. The zero-order chi connectivity index (χ0) is 21.7. The van der Waals surface area contributed by atoms with Gasteiger partial charge in [-0.15, -0.1) is 10.2 Å². The van der Waals surface area contributed by atoms with E-state index in [1.807, 2.05) is 42.7 Å². The standard InChI is InChI=1S/C20H29N5O3S2/c1-4-25-19(17-8-6-5-7-15(17)2)22-23-20(25)29-14-18(26)21-13-16-9-11-24(12-10-16)30(3,27)28/h5-8,16H,4,9-14H2,1-3H3,(H,21,26). The summed E-state index contributed by atoms with van der Waals surface area (Å²) in [4.78, 5) is 12.3. The van der Waals surface area contributed by atoms with E-state index in [4.69, 9.17) is 0 Å². The highest BCUT2D eigenvalue weighted by molar-refractivity contribution is 7.99. The van der Waals surface area contributed by atoms with Gasteiger partial charge in [-0.2, -0.15) is 0 Å². The monoisotopic (exact) mass is 451 g/mol. The third-order valence-corrected chi connectivity index (χ3v) is 7.65. The van der Waals surface area contributed by atoms with E-state index in [1.54, 1.807) is 0 Å². The van der Waals surface area contributed by atoms with E-state index in [1.165, 1.54) is 22.3 Å². The molecule has 1 aromatic carbocycles. The minimum Gasteiger partial charge on any atom is -0.355 e. The van der Waals surface area contributed by atoms with Crippen molar-refractivity contribution < 1.29 is 13.2 Å². The number of amides is 1. The Morgan fingerprint density at radius 1 is 1.23 bits per heavy atom. The molecule has 8 nitrogen and oxygen atoms in total. The highest BCUT2D eigenvalue weighted by atomic mass is 32.2. The Morgan fingerprint density at radius 3 is 2.57 bits per heavy atom. The molecule has 0 spiro atoms. The summed E-state index contributed by atoms with van der Waals surface area (Å²) in [6, 6.07) is 8.06. The topological polar surface area (TPSA) is 97.2 Å². The third-order valence-electron chi connectivity index (χ3n) is 5.38. The van der Waals surface area contributed by atoms with Crippen molar-refractivity contribution in [3.05, 3.63) is 29.8 Å². The molecule has 0 atom stereocenters. The van der Waals surface area contributed by atoms with E-state index >= 15 is 0 Å². The van der Waals surface area contributed by atoms with Crippen molar-refractivity contribution in [2.45, 2.75) is 38.4 Å². The predicted molar refractivity (Wildman–Crippen MR) is 119 cm³/mol. The van der Waals surface area contributed by atoms with Crippen molar-refractivity contribution in [1.29, 1.82) is 0 Å². The lowest BCUT2D eigenvalue weighted by Gasteiger charge is -2.30. The van der Waals surface area contributed by atoms with Crippen LogP contribution in [0.5, 0.6) is 0 Å². The number of nitrogens with one attached hydrogen (secondary N) is 1. The molecule has 164 valence electrons. The van der Waals surface area contributed by atoms with E-state index in [0.717, 1.165) is 41.5 Å². The number of benzene rings is 1. The number of carbonyl (C=O) groups excluding carboxylic acids is 1. The van der Waals surface area contributed by atoms with Crippen molar-refractivity contribution in [2.75, 3.05) is 31.6 Å². The van der Waals surface area contributed by atoms with Gasteiger partial charge in [0, 0.05) is 31.7 Å². The van der Waals surface area contributed by atoms with Gasteiger partial charge in [-0.3, -0.25) is 4.79 Å². The molecule has 2 aromatic rings. The summed E-state index contributed by atoms with van der Waals surface area (Å²) in [5.74, 6) is 1.35. The summed E-state index contributed by atoms with van der Waals surface area (Å²) in [5, 5.41) is 12.3. The van der Waals surface area contributed by atoms with Crippen LogP contribution in [0.3, 0.4) is 0 Å². The quantitative estimate of drug-likeness (QED) is 0.618. The summed E-state index contributed by atoms with van der Waals surface area (Å²) in [7, 11) is -3.12. The molecule has 1 fully saturated rings. The smallest absolute Gasteiger partial charge is 0.230 e. The minimum absolute atomic E-state index is 0.0476. The minimum atomic E-state index is -3.12. The molecule has 1 aliphatic rings. The van der Waals surface area contributed by atoms with Gasteiger partial charge in [-0.1, -0.05) is 36.0 Å². The van der Waals surface area contributed by atoms with Gasteiger partial charge in [0.15, 0.2) is 11.0 Å². The van der Waals surface area contributed by atoms with Gasteiger partial charge in [0.2, 0.25) is 15.9 Å². The van der Waals surface area contributed by atoms with Gasteiger partial charge in [0.05, 0.1) is 12.0 Å². The van der Waals surface area contributed by atoms with Crippen LogP contribution < -0.4 is 5.32 Å². The van der Waals surface area contributed by atoms with Crippen LogP contribution in [0.25, 0.3) is 11.4 Å². The van der Waals surface area contributed by atoms with E-state index in [-0.39, 0.29) is 11.7 Å². The Morgan fingerprint density at radius 2 is 1.93 bits per heavy atom. The Kier molecular flexibility index (Phi) is 7.54. The number of rotatable bonds is 8. The van der Waals surface area contributed by atoms with Crippen LogP contribution in [0.1, 0.15) is 25.3 Å². The second-order valence-corrected chi connectivity index (χ2v) is 10.5. The van der Waals surface area contributed by atoms with Gasteiger partial charge in [-0.05, 0) is 38.2 Å². The van der Waals surface area contributed by atoms with Gasteiger partial charge < -0.3 is 9.88 Å². The Labute approximate surface area is 182 Å². The number of nitrogens with zero attached hydrogens (tertiary/aromatic N) is 4. The molecule has 0 bridgehead atoms. The van der Waals surface area contributed by atoms with Crippen LogP contribution in [-0.2, 0) is 21.4 Å². The molecule has 0 saturated carbocycles. The molecule has 1 N–H and O–H groups in total. The average molecular weight is 452 g/mol. The van der Waals surface area contributed by atoms with E-state index < -0.39 is 10.0 Å². The lowest BCUT2D eigenvalue weighted by atomic mass is 9.98. The maximum Gasteiger partial charge on any atom is 0.230 e. The first-order valence-corrected chi connectivity index (χ1v) is 13.0. The maximum atomic E-state index is 12.3. The summed E-state index contributed by atoms with van der Waals surface area (Å²) in [6.07, 6.45) is 2.78. The third kappa shape index (κ3) is 5.61. The molecule has 0 unspecified atom stereocenters. The number of carbonyl (C=O) groups is 1. The van der Waals surface area contributed by atoms with Gasteiger partial charge in [-0.25, -0.2) is 12.7 Å². The number of aryl methyl sites for hydroxylation is 1. The first-order valence-electron chi connectivity index (χ1n) is 10.1. The largest absolute Gasteiger partial charge is 0.355 e. The molecule has 0 radical (unpaired) electrons. The van der Waals surface area contributed by atoms with Crippen LogP contribution in [0, 0.1) is 12.8 Å². The molecule has 1 aliphatic heterocycles. The van der Waals surface area contributed by atoms with E-state index in [9.17, 15) is 13.2 Å². The summed E-state index contributed by atoms with van der Waals surface area (Å²) < 4.78 is 26.7. The Bertz CT molecular complexity index is 982. The van der Waals surface area contributed by atoms with Gasteiger partial charge in [0.25, 0.3) is 0 Å². The molecule has 2 heterocycles. The number of sulfonamides is 1. The molecule has 30 heavy (non-hydrogen) atoms. The Balaban J connectivity index is 1.50. The average Bonchev–Trinajstić information content (AvgIpc) is 3.13. The molecule has 10 heteroatoms. The zero-order valence-corrected chi connectivity index (χ0v) is 19.3. The molecule has 1 saturated heterocycles. The maximum absolute atomic E-state index is 12.3. The predicted octanol–water partition coefficient (Wildman–Crippen LogP) is 2.15. The molecule has 0 aliphatic carbocycles. The first-order chi connectivity index (χ1) is 14.3. The summed E-state index contributed by atoms with van der Waals surface area (Å²) in [5.41, 5.74) is 2.18. The van der Waals surface area contributed by atoms with Crippen LogP contribution in [0.2, 0.25) is 0 Å². The number of thioether (sulfide) groups is 1. The molecule has 3 rings (SSSR count). The normalized spacial score (nSPS) is 16.0. The molecular formula is C20H29N5O3S2. The molecule has 1 amide bonds. The zero-order valence-electron chi connectivity index (χ0n) is 17.7. The van der Waals surface area contributed by atoms with Gasteiger partial charge >= 0.3 is 0 Å². The number of hydrogen-bond donors (Lipinski definition) is 1. The van der Waals surface area contributed by atoms with Crippen molar-refractivity contribution in [2.24, 2.45) is 5.92 Å². The summed E-state index contributed by atoms with van der Waals surface area (Å²) >= 11 is 1.38. The van der Waals surface area contributed by atoms with E-state index in [0.29, 0.717) is 25.6 Å². The van der Waals surface area contributed by atoms with Crippen molar-refractivity contribution in [3.8, 4) is 11.4 Å². The fourth-order valence-electron chi connectivity index (χ4n) is 3.59. The highest BCUT2D eigenvalue weighted by Gasteiger charge is 2.25. The van der Waals surface area contributed by atoms with Crippen LogP contribution in [0.15, 0.2) is 29.4 Å². The highest BCUT2D eigenvalue weighted by Crippen LogP contribution is 2.26. The van der Waals surface area contributed by atoms with Gasteiger partial charge in [0.1, 0.15) is 0 Å². The van der Waals surface area contributed by atoms with Crippen LogP contribution in [-0.4, -0.2) is 65.0 Å². The van der Waals surface area contributed by atoms with Crippen molar-refractivity contribution in [3.63, 3.8) is 0 Å². The van der Waals surface area contributed by atoms with Crippen molar-refractivity contribution >= 4 is 27.7 Å². The van der Waals surface area contributed by atoms with E-state index in [2.05, 4.69) is 15.5 Å². The lowest BCUT2D eigenvalue weighted by molar-refractivity contribution is -0.118. The fourth-order valence-corrected chi connectivity index (χ4v) is 5.29. The SMILES string of the molecule is CCn1c(SCC(=O)NCC2CCN(S(C)(=O)=O)CC2)nnc1-c1ccccc1C.